The fourth-order valence-electron chi connectivity index (χ4n) is 1.68. The second kappa shape index (κ2) is 4.45. The number of carbonyl (C=O) groups excluding carboxylic acids is 1. The average molecular weight is 170 g/mol. The van der Waals surface area contributed by atoms with Crippen LogP contribution in [-0.2, 0) is 4.79 Å². The Morgan fingerprint density at radius 2 is 2.33 bits per heavy atom. The van der Waals surface area contributed by atoms with Crippen molar-refractivity contribution in [2.45, 2.75) is 26.2 Å². The molecule has 0 aromatic carbocycles. The standard InChI is InChI=1S/C9H18N2O/c1-8-4-2-3-6-11(7-5-10)9(8)12/h8H,2-7,10H2,1H3. The first-order valence-electron chi connectivity index (χ1n) is 4.74. The van der Waals surface area contributed by atoms with Gasteiger partial charge in [-0.3, -0.25) is 4.79 Å². The molecule has 0 aliphatic carbocycles. The van der Waals surface area contributed by atoms with E-state index in [-0.39, 0.29) is 11.8 Å². The molecule has 1 saturated heterocycles. The molecule has 0 radical (unpaired) electrons. The van der Waals surface area contributed by atoms with Crippen LogP contribution in [-0.4, -0.2) is 30.4 Å². The summed E-state index contributed by atoms with van der Waals surface area (Å²) in [5.41, 5.74) is 5.42. The van der Waals surface area contributed by atoms with Crippen LogP contribution in [0.1, 0.15) is 26.2 Å². The maximum Gasteiger partial charge on any atom is 0.225 e. The molecule has 1 rings (SSSR count). The second-order valence-electron chi connectivity index (χ2n) is 3.51. The van der Waals surface area contributed by atoms with Gasteiger partial charge in [0.05, 0.1) is 0 Å². The molecule has 1 aliphatic heterocycles. The zero-order valence-electron chi connectivity index (χ0n) is 7.75. The molecule has 3 nitrogen and oxygen atoms in total. The molecule has 1 fully saturated rings. The van der Waals surface area contributed by atoms with Gasteiger partial charge in [0.2, 0.25) is 5.91 Å². The Hall–Kier alpha value is -0.570. The minimum atomic E-state index is 0.207. The predicted octanol–water partition coefficient (Wildman–Crippen LogP) is 0.594. The summed E-state index contributed by atoms with van der Waals surface area (Å²) in [7, 11) is 0. The van der Waals surface area contributed by atoms with E-state index in [4.69, 9.17) is 5.73 Å². The fraction of sp³-hybridized carbons (Fsp3) is 0.889. The lowest BCUT2D eigenvalue weighted by Crippen LogP contribution is -2.37. The molecule has 2 N–H and O–H groups in total. The van der Waals surface area contributed by atoms with Crippen LogP contribution in [0.25, 0.3) is 0 Å². The molecule has 0 spiro atoms. The number of likely N-dealkylation sites (tertiary alicyclic amines) is 1. The van der Waals surface area contributed by atoms with Gasteiger partial charge in [-0.15, -0.1) is 0 Å². The van der Waals surface area contributed by atoms with Crippen molar-refractivity contribution >= 4 is 5.91 Å². The third-order valence-electron chi connectivity index (χ3n) is 2.45. The van der Waals surface area contributed by atoms with Crippen LogP contribution in [0.15, 0.2) is 0 Å². The van der Waals surface area contributed by atoms with Crippen LogP contribution in [0.5, 0.6) is 0 Å². The van der Waals surface area contributed by atoms with Crippen LogP contribution in [0.2, 0.25) is 0 Å². The van der Waals surface area contributed by atoms with Crippen molar-refractivity contribution in [3.63, 3.8) is 0 Å². The summed E-state index contributed by atoms with van der Waals surface area (Å²) >= 11 is 0. The van der Waals surface area contributed by atoms with Gasteiger partial charge in [-0.2, -0.15) is 0 Å². The average Bonchev–Trinajstić information content (AvgIpc) is 2.20. The minimum absolute atomic E-state index is 0.207. The van der Waals surface area contributed by atoms with Crippen LogP contribution in [0, 0.1) is 5.92 Å². The lowest BCUT2D eigenvalue weighted by molar-refractivity contribution is -0.134. The van der Waals surface area contributed by atoms with Crippen molar-refractivity contribution in [2.24, 2.45) is 11.7 Å². The number of nitrogens with zero attached hydrogens (tertiary/aromatic N) is 1. The van der Waals surface area contributed by atoms with Gasteiger partial charge in [0.25, 0.3) is 0 Å². The smallest absolute Gasteiger partial charge is 0.225 e. The van der Waals surface area contributed by atoms with Crippen molar-refractivity contribution < 1.29 is 4.79 Å². The summed E-state index contributed by atoms with van der Waals surface area (Å²) in [5, 5.41) is 0. The Bertz CT molecular complexity index is 159. The Morgan fingerprint density at radius 3 is 3.00 bits per heavy atom. The number of amides is 1. The van der Waals surface area contributed by atoms with Crippen LogP contribution < -0.4 is 5.73 Å². The maximum absolute atomic E-state index is 11.6. The molecule has 1 unspecified atom stereocenters. The SMILES string of the molecule is CC1CCCCN(CCN)C1=O. The lowest BCUT2D eigenvalue weighted by atomic mass is 10.1. The number of hydrogen-bond acceptors (Lipinski definition) is 2. The van der Waals surface area contributed by atoms with Gasteiger partial charge >= 0.3 is 0 Å². The van der Waals surface area contributed by atoms with Gasteiger partial charge in [-0.25, -0.2) is 0 Å². The van der Waals surface area contributed by atoms with E-state index in [1.165, 1.54) is 6.42 Å². The summed E-state index contributed by atoms with van der Waals surface area (Å²) in [6, 6.07) is 0. The summed E-state index contributed by atoms with van der Waals surface area (Å²) in [4.78, 5) is 13.5. The largest absolute Gasteiger partial charge is 0.341 e. The molecule has 70 valence electrons. The quantitative estimate of drug-likeness (QED) is 0.659. The molecule has 0 bridgehead atoms. The van der Waals surface area contributed by atoms with Crippen molar-refractivity contribution in [3.05, 3.63) is 0 Å². The number of carbonyl (C=O) groups is 1. The molecule has 0 aromatic heterocycles. The first-order valence-corrected chi connectivity index (χ1v) is 4.74. The van der Waals surface area contributed by atoms with Crippen molar-refractivity contribution in [1.29, 1.82) is 0 Å². The number of hydrogen-bond donors (Lipinski definition) is 1. The molecule has 3 heteroatoms. The predicted molar refractivity (Wildman–Crippen MR) is 48.6 cm³/mol. The zero-order chi connectivity index (χ0) is 8.97. The third-order valence-corrected chi connectivity index (χ3v) is 2.45. The molecule has 12 heavy (non-hydrogen) atoms. The lowest BCUT2D eigenvalue weighted by Gasteiger charge is -2.21. The van der Waals surface area contributed by atoms with Crippen LogP contribution in [0.3, 0.4) is 0 Å². The fourth-order valence-corrected chi connectivity index (χ4v) is 1.68. The van der Waals surface area contributed by atoms with Gasteiger partial charge in [0.15, 0.2) is 0 Å². The Balaban J connectivity index is 2.52. The molecule has 1 atom stereocenters. The van der Waals surface area contributed by atoms with Gasteiger partial charge in [-0.05, 0) is 12.8 Å². The third kappa shape index (κ3) is 2.21. The Morgan fingerprint density at radius 1 is 1.58 bits per heavy atom. The molecule has 1 heterocycles. The van der Waals surface area contributed by atoms with Gasteiger partial charge in [0.1, 0.15) is 0 Å². The molecular weight excluding hydrogens is 152 g/mol. The highest BCUT2D eigenvalue weighted by Gasteiger charge is 2.22. The van der Waals surface area contributed by atoms with E-state index >= 15 is 0 Å². The van der Waals surface area contributed by atoms with E-state index in [0.29, 0.717) is 6.54 Å². The number of rotatable bonds is 2. The topological polar surface area (TPSA) is 46.3 Å². The van der Waals surface area contributed by atoms with Gasteiger partial charge in [-0.1, -0.05) is 13.3 Å². The highest BCUT2D eigenvalue weighted by Crippen LogP contribution is 2.16. The van der Waals surface area contributed by atoms with Crippen LogP contribution >= 0.6 is 0 Å². The first kappa shape index (κ1) is 9.52. The monoisotopic (exact) mass is 170 g/mol. The van der Waals surface area contributed by atoms with Crippen LogP contribution in [0.4, 0.5) is 0 Å². The Labute approximate surface area is 73.9 Å². The highest BCUT2D eigenvalue weighted by molar-refractivity contribution is 5.78. The summed E-state index contributed by atoms with van der Waals surface area (Å²) in [6.07, 6.45) is 3.35. The normalized spacial score (nSPS) is 25.7. The van der Waals surface area contributed by atoms with E-state index in [1.54, 1.807) is 0 Å². The highest BCUT2D eigenvalue weighted by atomic mass is 16.2. The first-order chi connectivity index (χ1) is 5.75. The van der Waals surface area contributed by atoms with Gasteiger partial charge in [0, 0.05) is 25.6 Å². The second-order valence-corrected chi connectivity index (χ2v) is 3.51. The molecule has 0 aromatic rings. The summed E-state index contributed by atoms with van der Waals surface area (Å²) in [5.74, 6) is 0.497. The number of nitrogens with two attached hydrogens (primary N) is 1. The molecule has 0 saturated carbocycles. The molecule has 1 aliphatic rings. The zero-order valence-corrected chi connectivity index (χ0v) is 7.75. The maximum atomic E-state index is 11.6. The summed E-state index contributed by atoms with van der Waals surface area (Å²) < 4.78 is 0. The summed E-state index contributed by atoms with van der Waals surface area (Å²) in [6.45, 7) is 4.22. The molecular formula is C9H18N2O. The van der Waals surface area contributed by atoms with E-state index in [1.807, 2.05) is 11.8 Å². The molecule has 1 amide bonds. The Kier molecular flexibility index (Phi) is 3.53. The van der Waals surface area contributed by atoms with Crippen molar-refractivity contribution in [1.82, 2.24) is 4.90 Å². The van der Waals surface area contributed by atoms with E-state index in [2.05, 4.69) is 0 Å². The van der Waals surface area contributed by atoms with Crippen molar-refractivity contribution in [2.75, 3.05) is 19.6 Å². The van der Waals surface area contributed by atoms with E-state index < -0.39 is 0 Å². The van der Waals surface area contributed by atoms with Gasteiger partial charge < -0.3 is 10.6 Å². The van der Waals surface area contributed by atoms with E-state index in [9.17, 15) is 4.79 Å². The van der Waals surface area contributed by atoms with E-state index in [0.717, 1.165) is 25.9 Å². The minimum Gasteiger partial charge on any atom is -0.341 e. The van der Waals surface area contributed by atoms with Crippen molar-refractivity contribution in [3.8, 4) is 0 Å².